The number of ether oxygens (including phenoxy) is 1. The van der Waals surface area contributed by atoms with Crippen molar-refractivity contribution in [3.05, 3.63) is 53.8 Å². The number of aromatic nitrogens is 1. The van der Waals surface area contributed by atoms with Crippen LogP contribution in [0.5, 0.6) is 5.75 Å². The standard InChI is InChI=1S/C17H16FN3O2S/c1-21(10-11-7-8-14(23-2)12(18)9-11)17(22)20-16-19-13-5-3-4-6-15(13)24-16/h3-9H,10H2,1-2H3,(H,19,20,22). The molecule has 2 amide bonds. The molecule has 1 aromatic heterocycles. The third kappa shape index (κ3) is 3.46. The van der Waals surface area contributed by atoms with Gasteiger partial charge in [-0.2, -0.15) is 0 Å². The average molecular weight is 345 g/mol. The molecule has 0 radical (unpaired) electrons. The van der Waals surface area contributed by atoms with Crippen LogP contribution in [-0.2, 0) is 6.54 Å². The van der Waals surface area contributed by atoms with Crippen molar-refractivity contribution in [2.45, 2.75) is 6.54 Å². The summed E-state index contributed by atoms with van der Waals surface area (Å²) in [6.45, 7) is 0.275. The topological polar surface area (TPSA) is 54.5 Å². The van der Waals surface area contributed by atoms with Crippen molar-refractivity contribution < 1.29 is 13.9 Å². The van der Waals surface area contributed by atoms with Crippen LogP contribution in [0.25, 0.3) is 10.2 Å². The summed E-state index contributed by atoms with van der Waals surface area (Å²) in [6.07, 6.45) is 0. The highest BCUT2D eigenvalue weighted by Crippen LogP contribution is 2.25. The van der Waals surface area contributed by atoms with Crippen molar-refractivity contribution >= 4 is 32.7 Å². The first-order valence-electron chi connectivity index (χ1n) is 7.27. The molecule has 124 valence electrons. The maximum Gasteiger partial charge on any atom is 0.323 e. The third-order valence-electron chi connectivity index (χ3n) is 3.49. The first-order valence-corrected chi connectivity index (χ1v) is 8.08. The van der Waals surface area contributed by atoms with E-state index < -0.39 is 5.82 Å². The lowest BCUT2D eigenvalue weighted by molar-refractivity contribution is 0.220. The second kappa shape index (κ2) is 6.84. The summed E-state index contributed by atoms with van der Waals surface area (Å²) in [5.41, 5.74) is 1.52. The Hall–Kier alpha value is -2.67. The van der Waals surface area contributed by atoms with Crippen LogP contribution in [0.2, 0.25) is 0 Å². The zero-order valence-corrected chi connectivity index (χ0v) is 14.1. The van der Waals surface area contributed by atoms with Gasteiger partial charge < -0.3 is 9.64 Å². The summed E-state index contributed by atoms with van der Waals surface area (Å²) >= 11 is 1.41. The molecule has 0 fully saturated rings. The molecule has 0 unspecified atom stereocenters. The minimum absolute atomic E-state index is 0.181. The Labute approximate surface area is 142 Å². The van der Waals surface area contributed by atoms with Crippen LogP contribution in [0.4, 0.5) is 14.3 Å². The number of para-hydroxylation sites is 1. The van der Waals surface area contributed by atoms with Crippen LogP contribution in [0, 0.1) is 5.82 Å². The van der Waals surface area contributed by atoms with E-state index in [0.717, 1.165) is 10.2 Å². The van der Waals surface area contributed by atoms with Gasteiger partial charge in [-0.3, -0.25) is 5.32 Å². The minimum atomic E-state index is -0.449. The molecule has 0 saturated carbocycles. The number of nitrogens with one attached hydrogen (secondary N) is 1. The fourth-order valence-corrected chi connectivity index (χ4v) is 3.12. The number of anilines is 1. The molecule has 0 aliphatic rings. The van der Waals surface area contributed by atoms with Gasteiger partial charge in [0.05, 0.1) is 17.3 Å². The third-order valence-corrected chi connectivity index (χ3v) is 4.44. The molecule has 0 saturated heterocycles. The fraction of sp³-hybridized carbons (Fsp3) is 0.176. The molecular weight excluding hydrogens is 329 g/mol. The van der Waals surface area contributed by atoms with E-state index in [4.69, 9.17) is 4.74 Å². The van der Waals surface area contributed by atoms with Crippen molar-refractivity contribution in [1.29, 1.82) is 0 Å². The van der Waals surface area contributed by atoms with Gasteiger partial charge in [-0.15, -0.1) is 0 Å². The predicted molar refractivity (Wildman–Crippen MR) is 93.1 cm³/mol. The summed E-state index contributed by atoms with van der Waals surface area (Å²) in [6, 6.07) is 12.0. The molecule has 0 atom stereocenters. The van der Waals surface area contributed by atoms with E-state index in [0.29, 0.717) is 10.7 Å². The van der Waals surface area contributed by atoms with Crippen molar-refractivity contribution in [3.63, 3.8) is 0 Å². The average Bonchev–Trinajstić information content (AvgIpc) is 2.97. The molecule has 0 spiro atoms. The number of benzene rings is 2. The Bertz CT molecular complexity index is 848. The highest BCUT2D eigenvalue weighted by Gasteiger charge is 2.13. The highest BCUT2D eigenvalue weighted by atomic mass is 32.1. The molecule has 3 rings (SSSR count). The van der Waals surface area contributed by atoms with E-state index in [9.17, 15) is 9.18 Å². The number of nitrogens with zero attached hydrogens (tertiary/aromatic N) is 2. The van der Waals surface area contributed by atoms with Crippen LogP contribution < -0.4 is 10.1 Å². The van der Waals surface area contributed by atoms with Crippen molar-refractivity contribution in [2.24, 2.45) is 0 Å². The summed E-state index contributed by atoms with van der Waals surface area (Å²) in [5, 5.41) is 3.30. The number of carbonyl (C=O) groups is 1. The number of fused-ring (bicyclic) bond motifs is 1. The molecule has 1 N–H and O–H groups in total. The zero-order chi connectivity index (χ0) is 17.1. The molecule has 5 nitrogen and oxygen atoms in total. The SMILES string of the molecule is COc1ccc(CN(C)C(=O)Nc2nc3ccccc3s2)cc1F. The number of halogens is 1. The van der Waals surface area contributed by atoms with Crippen LogP contribution in [0.1, 0.15) is 5.56 Å². The molecule has 0 aliphatic heterocycles. The van der Waals surface area contributed by atoms with E-state index in [1.807, 2.05) is 24.3 Å². The zero-order valence-electron chi connectivity index (χ0n) is 13.2. The maximum atomic E-state index is 13.7. The van der Waals surface area contributed by atoms with E-state index in [1.54, 1.807) is 19.2 Å². The van der Waals surface area contributed by atoms with Crippen LogP contribution in [-0.4, -0.2) is 30.1 Å². The van der Waals surface area contributed by atoms with Crippen LogP contribution in [0.3, 0.4) is 0 Å². The van der Waals surface area contributed by atoms with E-state index in [-0.39, 0.29) is 18.3 Å². The maximum absolute atomic E-state index is 13.7. The second-order valence-corrected chi connectivity index (χ2v) is 6.27. The molecule has 24 heavy (non-hydrogen) atoms. The molecule has 0 aliphatic carbocycles. The molecule has 0 bridgehead atoms. The van der Waals surface area contributed by atoms with Gasteiger partial charge in [-0.25, -0.2) is 14.2 Å². The molecule has 1 heterocycles. The monoisotopic (exact) mass is 345 g/mol. The number of methoxy groups -OCH3 is 1. The van der Waals surface area contributed by atoms with Gasteiger partial charge in [0, 0.05) is 13.6 Å². The quantitative estimate of drug-likeness (QED) is 0.774. The number of hydrogen-bond acceptors (Lipinski definition) is 4. The molecular formula is C17H16FN3O2S. The smallest absolute Gasteiger partial charge is 0.323 e. The van der Waals surface area contributed by atoms with Gasteiger partial charge in [0.2, 0.25) is 0 Å². The lowest BCUT2D eigenvalue weighted by Crippen LogP contribution is -2.30. The van der Waals surface area contributed by atoms with E-state index >= 15 is 0 Å². The minimum Gasteiger partial charge on any atom is -0.494 e. The normalized spacial score (nSPS) is 10.6. The number of rotatable bonds is 4. The summed E-state index contributed by atoms with van der Waals surface area (Å²) in [4.78, 5) is 18.1. The Morgan fingerprint density at radius 2 is 2.12 bits per heavy atom. The summed E-state index contributed by atoms with van der Waals surface area (Å²) in [5.74, 6) is -0.268. The van der Waals surface area contributed by atoms with Gasteiger partial charge in [-0.05, 0) is 29.8 Å². The summed E-state index contributed by atoms with van der Waals surface area (Å²) in [7, 11) is 3.06. The van der Waals surface area contributed by atoms with Crippen molar-refractivity contribution in [3.8, 4) is 5.75 Å². The summed E-state index contributed by atoms with van der Waals surface area (Å²) < 4.78 is 19.6. The Balaban J connectivity index is 1.67. The first kappa shape index (κ1) is 16.2. The lowest BCUT2D eigenvalue weighted by atomic mass is 10.2. The van der Waals surface area contributed by atoms with Crippen LogP contribution in [0.15, 0.2) is 42.5 Å². The number of urea groups is 1. The van der Waals surface area contributed by atoms with Gasteiger partial charge in [0.15, 0.2) is 16.7 Å². The van der Waals surface area contributed by atoms with Crippen molar-refractivity contribution in [2.75, 3.05) is 19.5 Å². The highest BCUT2D eigenvalue weighted by molar-refractivity contribution is 7.22. The Morgan fingerprint density at radius 1 is 1.33 bits per heavy atom. The fourth-order valence-electron chi connectivity index (χ4n) is 2.27. The molecule has 3 aromatic rings. The first-order chi connectivity index (χ1) is 11.6. The van der Waals surface area contributed by atoms with E-state index in [1.165, 1.54) is 29.4 Å². The van der Waals surface area contributed by atoms with Gasteiger partial charge in [-0.1, -0.05) is 29.5 Å². The number of amides is 2. The number of carbonyl (C=O) groups excluding carboxylic acids is 1. The van der Waals surface area contributed by atoms with Gasteiger partial charge in [0.1, 0.15) is 0 Å². The Kier molecular flexibility index (Phi) is 4.61. The largest absolute Gasteiger partial charge is 0.494 e. The lowest BCUT2D eigenvalue weighted by Gasteiger charge is -2.17. The van der Waals surface area contributed by atoms with E-state index in [2.05, 4.69) is 10.3 Å². The number of hydrogen-bond donors (Lipinski definition) is 1. The van der Waals surface area contributed by atoms with Gasteiger partial charge in [0.25, 0.3) is 0 Å². The van der Waals surface area contributed by atoms with Crippen LogP contribution >= 0.6 is 11.3 Å². The van der Waals surface area contributed by atoms with Crippen molar-refractivity contribution in [1.82, 2.24) is 9.88 Å². The second-order valence-electron chi connectivity index (χ2n) is 5.24. The Morgan fingerprint density at radius 3 is 2.83 bits per heavy atom. The van der Waals surface area contributed by atoms with Gasteiger partial charge >= 0.3 is 6.03 Å². The molecule has 2 aromatic carbocycles. The number of thiazole rings is 1. The predicted octanol–water partition coefficient (Wildman–Crippen LogP) is 4.11. The molecule has 7 heteroatoms.